The highest BCUT2D eigenvalue weighted by Crippen LogP contribution is 2.11. The Morgan fingerprint density at radius 2 is 1.84 bits per heavy atom. The van der Waals surface area contributed by atoms with Gasteiger partial charge in [-0.15, -0.1) is 12.8 Å². The smallest absolute Gasteiger partial charge is 0.303 e. The number of nitrogens with zero attached hydrogens (tertiary/aromatic N) is 4. The molecule has 1 N–H and O–H groups in total. The highest BCUT2D eigenvalue weighted by Gasteiger charge is 2.13. The molecule has 10 heteroatoms. The monoisotopic (exact) mass is 616 g/mol. The highest BCUT2D eigenvalue weighted by atomic mass is 19.1. The van der Waals surface area contributed by atoms with E-state index in [1.807, 2.05) is 44.2 Å². The SMILES string of the molecule is C#C.C/C=c1/c(=O)n(-c2ccc(F)cc2)c(CCCCC(=O)O)n/c1=C/Cc1cc(CC2=NC/C=C\C/C=C\CO2)on1.CC. The number of halogens is 1. The lowest BCUT2D eigenvalue weighted by molar-refractivity contribution is -0.137. The van der Waals surface area contributed by atoms with Gasteiger partial charge in [-0.05, 0) is 50.5 Å². The van der Waals surface area contributed by atoms with E-state index >= 15 is 0 Å². The number of carboxylic acid groups (broad SMARTS) is 1. The fourth-order valence-corrected chi connectivity index (χ4v) is 4.36. The number of hydrogen-bond acceptors (Lipinski definition) is 7. The number of aliphatic imine (C=N–C) groups is 1. The number of aliphatic carboxylic acids is 1. The second kappa shape index (κ2) is 20.0. The number of hydrogen-bond donors (Lipinski definition) is 1. The first-order valence-electron chi connectivity index (χ1n) is 14.9. The maximum absolute atomic E-state index is 13.6. The van der Waals surface area contributed by atoms with Crippen LogP contribution in [0.4, 0.5) is 4.39 Å². The third-order valence-electron chi connectivity index (χ3n) is 6.39. The molecule has 4 rings (SSSR count). The van der Waals surface area contributed by atoms with Crippen molar-refractivity contribution in [3.05, 3.63) is 98.7 Å². The lowest BCUT2D eigenvalue weighted by Gasteiger charge is -2.13. The molecule has 9 nitrogen and oxygen atoms in total. The van der Waals surface area contributed by atoms with E-state index in [2.05, 4.69) is 29.1 Å². The number of rotatable bonds is 10. The molecule has 0 saturated carbocycles. The molecule has 0 unspecified atom stereocenters. The number of aryl methyl sites for hydroxylation is 1. The molecule has 0 fully saturated rings. The number of carboxylic acids is 1. The predicted octanol–water partition coefficient (Wildman–Crippen LogP) is 4.73. The van der Waals surface area contributed by atoms with E-state index in [0.717, 1.165) is 6.42 Å². The van der Waals surface area contributed by atoms with Gasteiger partial charge in [-0.2, -0.15) is 0 Å². The number of terminal acetylenes is 1. The van der Waals surface area contributed by atoms with Gasteiger partial charge in [0.1, 0.15) is 24.0 Å². The first kappa shape index (κ1) is 36.2. The van der Waals surface area contributed by atoms with E-state index in [1.54, 1.807) is 13.0 Å². The minimum absolute atomic E-state index is 0.0277. The van der Waals surface area contributed by atoms with Crippen LogP contribution < -0.4 is 16.1 Å². The summed E-state index contributed by atoms with van der Waals surface area (Å²) in [6, 6.07) is 7.46. The molecule has 1 aliphatic rings. The van der Waals surface area contributed by atoms with Gasteiger partial charge in [0.15, 0.2) is 5.90 Å². The lowest BCUT2D eigenvalue weighted by atomic mass is 10.1. The Morgan fingerprint density at radius 1 is 1.11 bits per heavy atom. The molecule has 3 aromatic rings. The number of allylic oxidation sites excluding steroid dienone is 2. The summed E-state index contributed by atoms with van der Waals surface area (Å²) < 4.78 is 26.3. The third kappa shape index (κ3) is 11.5. The Bertz CT molecular complexity index is 1660. The average Bonchev–Trinajstić information content (AvgIpc) is 3.51. The molecule has 0 saturated heterocycles. The van der Waals surface area contributed by atoms with Crippen LogP contribution in [0.15, 0.2) is 68.9 Å². The van der Waals surface area contributed by atoms with Crippen molar-refractivity contribution in [2.75, 3.05) is 13.2 Å². The summed E-state index contributed by atoms with van der Waals surface area (Å²) in [5.74, 6) is 0.356. The summed E-state index contributed by atoms with van der Waals surface area (Å²) >= 11 is 0. The van der Waals surface area contributed by atoms with Crippen LogP contribution in [0.25, 0.3) is 17.8 Å². The first-order valence-corrected chi connectivity index (χ1v) is 14.9. The van der Waals surface area contributed by atoms with E-state index in [1.165, 1.54) is 28.8 Å². The van der Waals surface area contributed by atoms with E-state index in [9.17, 15) is 14.0 Å². The topological polar surface area (TPSA) is 120 Å². The zero-order valence-electron chi connectivity index (χ0n) is 26.1. The largest absolute Gasteiger partial charge is 0.481 e. The standard InChI is InChI=1S/C31H33FN4O5.C2H6.C2H2/c1-2-26-27(17-14-23-20-25(41-35-23)21-29-33-18-8-4-3-5-9-19-40-29)34-28(10-6-7-11-30(37)38)36(31(26)39)24-15-12-22(32)13-16-24;2*1-2/h2,4-5,8-9,12-13,15-17,20H,3,6-7,10-11,14,18-19,21H2,1H3,(H,37,38);1-2H3;1-2H/b8-4-,9-5-,26-2+,27-17+,33-29?;;. The Hall–Kier alpha value is -5.04. The summed E-state index contributed by atoms with van der Waals surface area (Å²) in [6.45, 7) is 6.73. The van der Waals surface area contributed by atoms with Gasteiger partial charge >= 0.3 is 5.97 Å². The second-order valence-corrected chi connectivity index (χ2v) is 9.43. The second-order valence-electron chi connectivity index (χ2n) is 9.43. The summed E-state index contributed by atoms with van der Waals surface area (Å²) in [7, 11) is 0. The quantitative estimate of drug-likeness (QED) is 0.199. The number of aromatic nitrogens is 3. The molecule has 0 spiro atoms. The van der Waals surface area contributed by atoms with Gasteiger partial charge in [-0.3, -0.25) is 19.1 Å². The number of unbranched alkanes of at least 4 members (excludes halogenated alkanes) is 1. The molecular formula is C35H41FN4O5. The molecular weight excluding hydrogens is 575 g/mol. The summed E-state index contributed by atoms with van der Waals surface area (Å²) in [4.78, 5) is 33.9. The van der Waals surface area contributed by atoms with Gasteiger partial charge in [0.2, 0.25) is 0 Å². The van der Waals surface area contributed by atoms with Gasteiger partial charge in [0.25, 0.3) is 5.56 Å². The van der Waals surface area contributed by atoms with Crippen molar-refractivity contribution in [1.29, 1.82) is 0 Å². The van der Waals surface area contributed by atoms with Crippen LogP contribution in [0.3, 0.4) is 0 Å². The number of benzene rings is 1. The molecule has 1 aromatic carbocycles. The molecule has 45 heavy (non-hydrogen) atoms. The molecule has 2 aromatic heterocycles. The van der Waals surface area contributed by atoms with Crippen LogP contribution in [-0.4, -0.2) is 44.8 Å². The average molecular weight is 617 g/mol. The summed E-state index contributed by atoms with van der Waals surface area (Å²) in [5.41, 5.74) is 0.864. The van der Waals surface area contributed by atoms with E-state index in [4.69, 9.17) is 19.4 Å². The molecule has 0 atom stereocenters. The minimum Gasteiger partial charge on any atom is -0.481 e. The van der Waals surface area contributed by atoms with Crippen molar-refractivity contribution in [2.45, 2.75) is 65.7 Å². The van der Waals surface area contributed by atoms with Crippen molar-refractivity contribution in [3.8, 4) is 18.5 Å². The first-order chi connectivity index (χ1) is 21.9. The number of carbonyl (C=O) groups is 1. The molecule has 0 radical (unpaired) electrons. The fourth-order valence-electron chi connectivity index (χ4n) is 4.36. The van der Waals surface area contributed by atoms with E-state index < -0.39 is 11.8 Å². The van der Waals surface area contributed by atoms with Gasteiger partial charge < -0.3 is 14.4 Å². The molecule has 0 aliphatic carbocycles. The molecule has 0 bridgehead atoms. The van der Waals surface area contributed by atoms with E-state index in [0.29, 0.717) is 84.7 Å². The molecule has 0 amide bonds. The Balaban J connectivity index is 0.00000169. The van der Waals surface area contributed by atoms with Crippen LogP contribution in [0.5, 0.6) is 0 Å². The Kier molecular flexibility index (Phi) is 16.1. The molecule has 1 aliphatic heterocycles. The van der Waals surface area contributed by atoms with Crippen LogP contribution >= 0.6 is 0 Å². The predicted molar refractivity (Wildman–Crippen MR) is 175 cm³/mol. The van der Waals surface area contributed by atoms with E-state index in [-0.39, 0.29) is 12.0 Å². The fraction of sp³-hybridized carbons (Fsp3) is 0.343. The minimum atomic E-state index is -0.876. The van der Waals surface area contributed by atoms with Crippen LogP contribution in [0.1, 0.15) is 63.7 Å². The van der Waals surface area contributed by atoms with Gasteiger partial charge in [-0.1, -0.05) is 55.5 Å². The van der Waals surface area contributed by atoms with Gasteiger partial charge in [-0.25, -0.2) is 9.37 Å². The molecule has 238 valence electrons. The third-order valence-corrected chi connectivity index (χ3v) is 6.39. The Morgan fingerprint density at radius 3 is 2.56 bits per heavy atom. The van der Waals surface area contributed by atoms with Crippen LogP contribution in [-0.2, 0) is 28.8 Å². The van der Waals surface area contributed by atoms with Crippen molar-refractivity contribution in [3.63, 3.8) is 0 Å². The normalized spacial score (nSPS) is 14.9. The van der Waals surface area contributed by atoms with Crippen molar-refractivity contribution in [2.24, 2.45) is 4.99 Å². The van der Waals surface area contributed by atoms with Crippen molar-refractivity contribution < 1.29 is 23.6 Å². The van der Waals surface area contributed by atoms with Crippen molar-refractivity contribution >= 4 is 24.0 Å². The van der Waals surface area contributed by atoms with Crippen LogP contribution in [0, 0.1) is 18.7 Å². The zero-order chi connectivity index (χ0) is 33.0. The maximum Gasteiger partial charge on any atom is 0.303 e. The lowest BCUT2D eigenvalue weighted by Crippen LogP contribution is -2.48. The maximum atomic E-state index is 13.6. The van der Waals surface area contributed by atoms with Gasteiger partial charge in [0, 0.05) is 25.3 Å². The highest BCUT2D eigenvalue weighted by molar-refractivity contribution is 5.78. The van der Waals surface area contributed by atoms with Crippen LogP contribution in [0.2, 0.25) is 0 Å². The number of ether oxygens (including phenoxy) is 1. The van der Waals surface area contributed by atoms with Gasteiger partial charge in [0.05, 0.1) is 34.9 Å². The summed E-state index contributed by atoms with van der Waals surface area (Å²) in [6.07, 6.45) is 22.5. The summed E-state index contributed by atoms with van der Waals surface area (Å²) in [5, 5.41) is 14.1. The Labute approximate surface area is 263 Å². The van der Waals surface area contributed by atoms with Crippen molar-refractivity contribution in [1.82, 2.24) is 14.7 Å². The molecule has 3 heterocycles. The zero-order valence-corrected chi connectivity index (χ0v) is 26.1.